The van der Waals surface area contributed by atoms with Crippen LogP contribution >= 0.6 is 0 Å². The summed E-state index contributed by atoms with van der Waals surface area (Å²) in [7, 11) is 3.22. The lowest BCUT2D eigenvalue weighted by atomic mass is 10.1. The van der Waals surface area contributed by atoms with Gasteiger partial charge in [0.2, 0.25) is 0 Å². The maximum absolute atomic E-state index is 13.7. The molecule has 1 rings (SSSR count). The quantitative estimate of drug-likeness (QED) is 0.759. The van der Waals surface area contributed by atoms with Crippen molar-refractivity contribution >= 4 is 5.69 Å². The molecule has 0 radical (unpaired) electrons. The molecule has 0 fully saturated rings. The number of hydrogen-bond acceptors (Lipinski definition) is 4. The van der Waals surface area contributed by atoms with E-state index in [4.69, 9.17) is 14.7 Å². The van der Waals surface area contributed by atoms with Gasteiger partial charge in [-0.05, 0) is 19.1 Å². The summed E-state index contributed by atoms with van der Waals surface area (Å²) in [5, 5.41) is 9.11. The van der Waals surface area contributed by atoms with E-state index in [0.29, 0.717) is 25.4 Å². The van der Waals surface area contributed by atoms with E-state index in [-0.39, 0.29) is 11.6 Å². The number of ether oxygens (including phenoxy) is 2. The van der Waals surface area contributed by atoms with Gasteiger partial charge in [0.25, 0.3) is 0 Å². The molecular formula is C14H19FN2O2. The fourth-order valence-electron chi connectivity index (χ4n) is 1.96. The van der Waals surface area contributed by atoms with Gasteiger partial charge in [-0.25, -0.2) is 4.39 Å². The number of methoxy groups -OCH3 is 2. The van der Waals surface area contributed by atoms with Gasteiger partial charge in [0.1, 0.15) is 17.4 Å². The van der Waals surface area contributed by atoms with Gasteiger partial charge in [0.15, 0.2) is 0 Å². The van der Waals surface area contributed by atoms with Crippen molar-refractivity contribution in [3.8, 4) is 6.07 Å². The van der Waals surface area contributed by atoms with Gasteiger partial charge >= 0.3 is 0 Å². The molecule has 19 heavy (non-hydrogen) atoms. The molecule has 5 heteroatoms. The van der Waals surface area contributed by atoms with Crippen molar-refractivity contribution in [2.75, 3.05) is 38.9 Å². The molecule has 1 atom stereocenters. The molecule has 0 heterocycles. The summed E-state index contributed by atoms with van der Waals surface area (Å²) in [6.45, 7) is 3.52. The van der Waals surface area contributed by atoms with Crippen molar-refractivity contribution in [3.05, 3.63) is 29.6 Å². The molecule has 0 bridgehead atoms. The molecule has 0 aliphatic carbocycles. The Morgan fingerprint density at radius 2 is 2.11 bits per heavy atom. The zero-order valence-electron chi connectivity index (χ0n) is 11.5. The highest BCUT2D eigenvalue weighted by Gasteiger charge is 2.19. The van der Waals surface area contributed by atoms with Gasteiger partial charge < -0.3 is 14.4 Å². The highest BCUT2D eigenvalue weighted by Crippen LogP contribution is 2.24. The standard InChI is InChI=1S/C14H19FN2O2/c1-11(10-19-3)17(7-8-18-2)14-6-4-5-13(15)12(14)9-16/h4-6,11H,7-8,10H2,1-3H3. The molecule has 0 N–H and O–H groups in total. The summed E-state index contributed by atoms with van der Waals surface area (Å²) < 4.78 is 23.9. The molecule has 0 saturated carbocycles. The fraction of sp³-hybridized carbons (Fsp3) is 0.500. The Labute approximate surface area is 113 Å². The third-order valence-corrected chi connectivity index (χ3v) is 2.89. The van der Waals surface area contributed by atoms with Crippen LogP contribution in [0.4, 0.5) is 10.1 Å². The van der Waals surface area contributed by atoms with E-state index >= 15 is 0 Å². The van der Waals surface area contributed by atoms with Crippen molar-refractivity contribution in [2.24, 2.45) is 0 Å². The molecule has 0 saturated heterocycles. The first-order valence-corrected chi connectivity index (χ1v) is 6.08. The second-order valence-electron chi connectivity index (χ2n) is 4.24. The zero-order chi connectivity index (χ0) is 14.3. The lowest BCUT2D eigenvalue weighted by Gasteiger charge is -2.31. The molecule has 0 aliphatic heterocycles. The Bertz CT molecular complexity index is 446. The number of hydrogen-bond donors (Lipinski definition) is 0. The average molecular weight is 266 g/mol. The third-order valence-electron chi connectivity index (χ3n) is 2.89. The van der Waals surface area contributed by atoms with Gasteiger partial charge in [-0.2, -0.15) is 5.26 Å². The van der Waals surface area contributed by atoms with Crippen LogP contribution in [0.1, 0.15) is 12.5 Å². The van der Waals surface area contributed by atoms with Crippen LogP contribution < -0.4 is 4.90 Å². The Morgan fingerprint density at radius 3 is 2.68 bits per heavy atom. The molecule has 1 aromatic carbocycles. The zero-order valence-corrected chi connectivity index (χ0v) is 11.5. The van der Waals surface area contributed by atoms with Crippen molar-refractivity contribution < 1.29 is 13.9 Å². The lowest BCUT2D eigenvalue weighted by Crippen LogP contribution is -2.39. The molecular weight excluding hydrogens is 247 g/mol. The van der Waals surface area contributed by atoms with E-state index < -0.39 is 5.82 Å². The number of nitrogens with zero attached hydrogens (tertiary/aromatic N) is 2. The van der Waals surface area contributed by atoms with Crippen molar-refractivity contribution in [1.29, 1.82) is 5.26 Å². The first-order valence-electron chi connectivity index (χ1n) is 6.08. The van der Waals surface area contributed by atoms with E-state index in [2.05, 4.69) is 0 Å². The summed E-state index contributed by atoms with van der Waals surface area (Å²) in [6, 6.07) is 6.57. The second-order valence-corrected chi connectivity index (χ2v) is 4.24. The first-order chi connectivity index (χ1) is 9.15. The van der Waals surface area contributed by atoms with Gasteiger partial charge in [0, 0.05) is 26.8 Å². The Morgan fingerprint density at radius 1 is 1.37 bits per heavy atom. The van der Waals surface area contributed by atoms with Crippen LogP contribution in [-0.2, 0) is 9.47 Å². The number of nitriles is 1. The van der Waals surface area contributed by atoms with E-state index in [1.54, 1.807) is 26.4 Å². The van der Waals surface area contributed by atoms with Crippen LogP contribution in [0.25, 0.3) is 0 Å². The van der Waals surface area contributed by atoms with Crippen LogP contribution in [0.5, 0.6) is 0 Å². The summed E-state index contributed by atoms with van der Waals surface area (Å²) in [6.07, 6.45) is 0. The van der Waals surface area contributed by atoms with Crippen LogP contribution in [0.3, 0.4) is 0 Å². The largest absolute Gasteiger partial charge is 0.383 e. The fourth-order valence-corrected chi connectivity index (χ4v) is 1.96. The molecule has 4 nitrogen and oxygen atoms in total. The van der Waals surface area contributed by atoms with Crippen molar-refractivity contribution in [1.82, 2.24) is 0 Å². The minimum Gasteiger partial charge on any atom is -0.383 e. The number of halogens is 1. The SMILES string of the molecule is COCCN(c1cccc(F)c1C#N)C(C)COC. The van der Waals surface area contributed by atoms with Crippen molar-refractivity contribution in [3.63, 3.8) is 0 Å². The molecule has 104 valence electrons. The Kier molecular flexibility index (Phi) is 6.26. The minimum atomic E-state index is -0.507. The van der Waals surface area contributed by atoms with Gasteiger partial charge in [-0.15, -0.1) is 0 Å². The second kappa shape index (κ2) is 7.72. The Hall–Kier alpha value is -1.64. The Balaban J connectivity index is 3.10. The van der Waals surface area contributed by atoms with E-state index in [9.17, 15) is 4.39 Å². The minimum absolute atomic E-state index is 0.0223. The number of benzene rings is 1. The number of rotatable bonds is 7. The molecule has 1 unspecified atom stereocenters. The average Bonchev–Trinajstić information content (AvgIpc) is 2.39. The highest BCUT2D eigenvalue weighted by atomic mass is 19.1. The lowest BCUT2D eigenvalue weighted by molar-refractivity contribution is 0.171. The normalized spacial score (nSPS) is 11.9. The maximum Gasteiger partial charge on any atom is 0.143 e. The van der Waals surface area contributed by atoms with E-state index in [0.717, 1.165) is 0 Å². The molecule has 0 aromatic heterocycles. The predicted molar refractivity (Wildman–Crippen MR) is 71.7 cm³/mol. The van der Waals surface area contributed by atoms with Gasteiger partial charge in [0.05, 0.1) is 18.9 Å². The smallest absolute Gasteiger partial charge is 0.143 e. The molecule has 0 aliphatic rings. The highest BCUT2D eigenvalue weighted by molar-refractivity contribution is 5.60. The van der Waals surface area contributed by atoms with Crippen molar-refractivity contribution in [2.45, 2.75) is 13.0 Å². The summed E-state index contributed by atoms with van der Waals surface area (Å²) in [5.74, 6) is -0.507. The summed E-state index contributed by atoms with van der Waals surface area (Å²) >= 11 is 0. The predicted octanol–water partition coefficient (Wildman–Crippen LogP) is 2.19. The summed E-state index contributed by atoms with van der Waals surface area (Å²) in [5.41, 5.74) is 0.630. The molecule has 0 amide bonds. The van der Waals surface area contributed by atoms with Gasteiger partial charge in [-0.3, -0.25) is 0 Å². The topological polar surface area (TPSA) is 45.5 Å². The van der Waals surface area contributed by atoms with Crippen LogP contribution in [0.2, 0.25) is 0 Å². The van der Waals surface area contributed by atoms with Crippen LogP contribution in [0.15, 0.2) is 18.2 Å². The van der Waals surface area contributed by atoms with E-state index in [1.807, 2.05) is 17.9 Å². The van der Waals surface area contributed by atoms with Crippen LogP contribution in [0, 0.1) is 17.1 Å². The molecule has 1 aromatic rings. The first kappa shape index (κ1) is 15.4. The monoisotopic (exact) mass is 266 g/mol. The van der Waals surface area contributed by atoms with E-state index in [1.165, 1.54) is 6.07 Å². The maximum atomic E-state index is 13.7. The summed E-state index contributed by atoms with van der Waals surface area (Å²) in [4.78, 5) is 1.93. The third kappa shape index (κ3) is 3.91. The number of anilines is 1. The molecule has 0 spiro atoms. The van der Waals surface area contributed by atoms with Crippen LogP contribution in [-0.4, -0.2) is 40.0 Å². The van der Waals surface area contributed by atoms with Gasteiger partial charge in [-0.1, -0.05) is 6.07 Å².